The molecule has 0 aliphatic heterocycles. The number of aryl methyl sites for hydroxylation is 1. The minimum absolute atomic E-state index is 0.215. The van der Waals surface area contributed by atoms with Crippen molar-refractivity contribution in [2.75, 3.05) is 7.11 Å². The van der Waals surface area contributed by atoms with Crippen LogP contribution in [-0.2, 0) is 13.5 Å². The van der Waals surface area contributed by atoms with Crippen LogP contribution >= 0.6 is 0 Å². The lowest BCUT2D eigenvalue weighted by Crippen LogP contribution is -2.29. The maximum atomic E-state index is 11.3. The Morgan fingerprint density at radius 1 is 1.35 bits per heavy atom. The van der Waals surface area contributed by atoms with Crippen molar-refractivity contribution < 1.29 is 14.4 Å². The van der Waals surface area contributed by atoms with Crippen LogP contribution in [-0.4, -0.2) is 12.1 Å². The molecule has 88 valence electrons. The molecule has 0 N–H and O–H groups in total. The maximum absolute atomic E-state index is 11.3. The highest BCUT2D eigenvalue weighted by Gasteiger charge is 2.03. The van der Waals surface area contributed by atoms with Crippen LogP contribution < -0.4 is 14.4 Å². The van der Waals surface area contributed by atoms with Crippen molar-refractivity contribution in [1.29, 1.82) is 0 Å². The summed E-state index contributed by atoms with van der Waals surface area (Å²) in [6.45, 7) is 0. The summed E-state index contributed by atoms with van der Waals surface area (Å²) in [4.78, 5) is 3.97. The number of hydrogen-bond donors (Lipinski definition) is 0. The number of nitrogens with zero attached hydrogens (tertiary/aromatic N) is 2. The Kier molecular flexibility index (Phi) is 3.23. The summed E-state index contributed by atoms with van der Waals surface area (Å²) in [5.41, 5.74) is 1.83. The van der Waals surface area contributed by atoms with Gasteiger partial charge in [0.2, 0.25) is 0 Å². The van der Waals surface area contributed by atoms with Gasteiger partial charge in [-0.2, -0.15) is 0 Å². The van der Waals surface area contributed by atoms with Gasteiger partial charge in [-0.25, -0.2) is 4.57 Å². The molecule has 2 aromatic rings. The molecule has 0 amide bonds. The summed E-state index contributed by atoms with van der Waals surface area (Å²) in [5.74, 6) is 0.595. The van der Waals surface area contributed by atoms with Crippen LogP contribution in [0.3, 0.4) is 0 Å². The van der Waals surface area contributed by atoms with Crippen molar-refractivity contribution in [1.82, 2.24) is 4.98 Å². The van der Waals surface area contributed by atoms with Gasteiger partial charge < -0.3 is 9.84 Å². The molecule has 0 aliphatic rings. The fourth-order valence-corrected chi connectivity index (χ4v) is 1.72. The molecule has 2 rings (SSSR count). The van der Waals surface area contributed by atoms with Gasteiger partial charge in [-0.05, 0) is 17.7 Å². The lowest BCUT2D eigenvalue weighted by molar-refractivity contribution is -0.675. The molecule has 1 heterocycles. The summed E-state index contributed by atoms with van der Waals surface area (Å²) < 4.78 is 6.88. The third-order valence-corrected chi connectivity index (χ3v) is 2.44. The number of ether oxygens (including phenoxy) is 1. The molecule has 1 aromatic heterocycles. The first-order chi connectivity index (χ1) is 8.17. The Morgan fingerprint density at radius 3 is 2.88 bits per heavy atom. The number of hydrogen-bond acceptors (Lipinski definition) is 3. The van der Waals surface area contributed by atoms with Gasteiger partial charge in [0.05, 0.1) is 13.0 Å². The summed E-state index contributed by atoms with van der Waals surface area (Å²) >= 11 is 0. The number of benzene rings is 1. The molecule has 0 saturated carbocycles. The molecule has 0 saturated heterocycles. The van der Waals surface area contributed by atoms with Gasteiger partial charge in [0.25, 0.3) is 0 Å². The van der Waals surface area contributed by atoms with E-state index in [1.165, 1.54) is 6.20 Å². The Balaban J connectivity index is 2.24. The van der Waals surface area contributed by atoms with E-state index in [0.717, 1.165) is 17.0 Å². The number of aromatic nitrogens is 2. The van der Waals surface area contributed by atoms with Gasteiger partial charge in [-0.1, -0.05) is 12.1 Å². The lowest BCUT2D eigenvalue weighted by atomic mass is 10.1. The third kappa shape index (κ3) is 2.93. The van der Waals surface area contributed by atoms with E-state index < -0.39 is 0 Å². The molecule has 4 nitrogen and oxygen atoms in total. The highest BCUT2D eigenvalue weighted by atomic mass is 16.5. The summed E-state index contributed by atoms with van der Waals surface area (Å²) in [6.07, 6.45) is 3.93. The van der Waals surface area contributed by atoms with Crippen LogP contribution in [0.1, 0.15) is 11.3 Å². The van der Waals surface area contributed by atoms with Crippen LogP contribution in [0.5, 0.6) is 11.6 Å². The first-order valence-electron chi connectivity index (χ1n) is 5.33. The zero-order valence-corrected chi connectivity index (χ0v) is 9.88. The topological polar surface area (TPSA) is 49.1 Å². The van der Waals surface area contributed by atoms with Crippen molar-refractivity contribution in [3.8, 4) is 11.6 Å². The minimum Gasteiger partial charge on any atom is -0.854 e. The monoisotopic (exact) mass is 230 g/mol. The fraction of sp³-hybridized carbons (Fsp3) is 0.231. The van der Waals surface area contributed by atoms with Crippen molar-refractivity contribution in [3.63, 3.8) is 0 Å². The Labute approximate surface area is 100 Å². The average molecular weight is 230 g/mol. The predicted molar refractivity (Wildman–Crippen MR) is 60.7 cm³/mol. The highest BCUT2D eigenvalue weighted by molar-refractivity contribution is 5.30. The first kappa shape index (κ1) is 11.4. The fourth-order valence-electron chi connectivity index (χ4n) is 1.72. The average Bonchev–Trinajstić information content (AvgIpc) is 2.28. The zero-order chi connectivity index (χ0) is 12.3. The molecule has 0 fully saturated rings. The molecule has 0 atom stereocenters. The van der Waals surface area contributed by atoms with Crippen LogP contribution in [0, 0.1) is 0 Å². The van der Waals surface area contributed by atoms with E-state index in [9.17, 15) is 5.11 Å². The van der Waals surface area contributed by atoms with Crippen LogP contribution in [0.2, 0.25) is 0 Å². The van der Waals surface area contributed by atoms with Crippen LogP contribution in [0.4, 0.5) is 0 Å². The van der Waals surface area contributed by atoms with Gasteiger partial charge in [0.1, 0.15) is 18.5 Å². The highest BCUT2D eigenvalue weighted by Crippen LogP contribution is 2.15. The molecular formula is C13H14N2O2. The van der Waals surface area contributed by atoms with Crippen molar-refractivity contribution >= 4 is 0 Å². The SMILES string of the molecule is COc1cccc(Cc2c[n+](C)cc([O-])n2)c1. The zero-order valence-electron chi connectivity index (χ0n) is 9.88. The Morgan fingerprint density at radius 2 is 2.18 bits per heavy atom. The number of methoxy groups -OCH3 is 1. The molecule has 0 unspecified atom stereocenters. The standard InChI is InChI=1S/C13H14N2O2/c1-15-8-11(14-13(16)9-15)6-10-4-3-5-12(7-10)17-2/h3-5,7-9H,6H2,1-2H3. The van der Waals surface area contributed by atoms with Crippen molar-refractivity contribution in [3.05, 3.63) is 47.9 Å². The second-order valence-electron chi connectivity index (χ2n) is 3.89. The number of rotatable bonds is 3. The quantitative estimate of drug-likeness (QED) is 0.725. The van der Waals surface area contributed by atoms with Crippen molar-refractivity contribution in [2.45, 2.75) is 6.42 Å². The van der Waals surface area contributed by atoms with E-state index in [-0.39, 0.29) is 5.88 Å². The lowest BCUT2D eigenvalue weighted by Gasteiger charge is -2.06. The van der Waals surface area contributed by atoms with Gasteiger partial charge in [-0.3, -0.25) is 4.98 Å². The third-order valence-electron chi connectivity index (χ3n) is 2.44. The summed E-state index contributed by atoms with van der Waals surface area (Å²) in [7, 11) is 3.45. The van der Waals surface area contributed by atoms with Crippen LogP contribution in [0.25, 0.3) is 0 Å². The Bertz CT molecular complexity index is 506. The molecule has 1 aromatic carbocycles. The van der Waals surface area contributed by atoms with E-state index in [2.05, 4.69) is 4.98 Å². The predicted octanol–water partition coefficient (Wildman–Crippen LogP) is 0.579. The van der Waals surface area contributed by atoms with E-state index in [1.54, 1.807) is 11.7 Å². The molecule has 17 heavy (non-hydrogen) atoms. The summed E-state index contributed by atoms with van der Waals surface area (Å²) in [6, 6.07) is 7.75. The molecule has 0 aliphatic carbocycles. The smallest absolute Gasteiger partial charge is 0.190 e. The van der Waals surface area contributed by atoms with E-state index in [4.69, 9.17) is 4.74 Å². The minimum atomic E-state index is -0.215. The van der Waals surface area contributed by atoms with Gasteiger partial charge in [0.15, 0.2) is 12.4 Å². The summed E-state index contributed by atoms with van der Waals surface area (Å²) in [5, 5.41) is 11.3. The van der Waals surface area contributed by atoms with E-state index >= 15 is 0 Å². The van der Waals surface area contributed by atoms with Gasteiger partial charge in [-0.15, -0.1) is 0 Å². The second kappa shape index (κ2) is 4.82. The van der Waals surface area contributed by atoms with Gasteiger partial charge in [0, 0.05) is 6.42 Å². The molecule has 4 heteroatoms. The molecule has 0 spiro atoms. The van der Waals surface area contributed by atoms with E-state index in [0.29, 0.717) is 6.42 Å². The van der Waals surface area contributed by atoms with Gasteiger partial charge >= 0.3 is 0 Å². The first-order valence-corrected chi connectivity index (χ1v) is 5.33. The normalized spacial score (nSPS) is 10.2. The largest absolute Gasteiger partial charge is 0.854 e. The van der Waals surface area contributed by atoms with Crippen molar-refractivity contribution in [2.24, 2.45) is 7.05 Å². The maximum Gasteiger partial charge on any atom is 0.190 e. The Hall–Kier alpha value is -2.10. The van der Waals surface area contributed by atoms with E-state index in [1.807, 2.05) is 37.5 Å². The second-order valence-corrected chi connectivity index (χ2v) is 3.89. The molecule has 0 radical (unpaired) electrons. The molecular weight excluding hydrogens is 216 g/mol. The van der Waals surface area contributed by atoms with Crippen LogP contribution in [0.15, 0.2) is 36.7 Å². The molecule has 0 bridgehead atoms.